The summed E-state index contributed by atoms with van der Waals surface area (Å²) in [7, 11) is 0. The minimum Gasteiger partial charge on any atom is -0.460 e. The summed E-state index contributed by atoms with van der Waals surface area (Å²) < 4.78 is 5.68. The molecule has 0 saturated heterocycles. The maximum absolute atomic E-state index is 5.68. The summed E-state index contributed by atoms with van der Waals surface area (Å²) in [6, 6.07) is 10.6. The van der Waals surface area contributed by atoms with Gasteiger partial charge >= 0.3 is 0 Å². The van der Waals surface area contributed by atoms with E-state index in [0.29, 0.717) is 6.54 Å². The molecule has 88 valence electrons. The number of nitrogens with two attached hydrogens (primary N) is 1. The van der Waals surface area contributed by atoms with Crippen molar-refractivity contribution >= 4 is 0 Å². The molecule has 0 radical (unpaired) electrons. The van der Waals surface area contributed by atoms with Gasteiger partial charge in [-0.1, -0.05) is 12.1 Å². The van der Waals surface area contributed by atoms with Gasteiger partial charge in [0.15, 0.2) is 0 Å². The van der Waals surface area contributed by atoms with Gasteiger partial charge in [-0.15, -0.1) is 0 Å². The van der Waals surface area contributed by atoms with Gasteiger partial charge in [0.25, 0.3) is 0 Å². The van der Waals surface area contributed by atoms with Crippen molar-refractivity contribution < 1.29 is 4.42 Å². The number of furan rings is 1. The smallest absolute Gasteiger partial charge is 0.134 e. The summed E-state index contributed by atoms with van der Waals surface area (Å²) in [5.74, 6) is 1.77. The molecular formula is C15H17NO. The minimum absolute atomic E-state index is 0.463. The van der Waals surface area contributed by atoms with E-state index in [9.17, 15) is 0 Å². The van der Waals surface area contributed by atoms with Gasteiger partial charge in [0.1, 0.15) is 11.5 Å². The van der Waals surface area contributed by atoms with Crippen molar-refractivity contribution in [3.63, 3.8) is 0 Å². The molecule has 3 rings (SSSR count). The first-order valence-corrected chi connectivity index (χ1v) is 6.28. The minimum atomic E-state index is 0.463. The molecule has 0 aliphatic heterocycles. The Bertz CT molecular complexity index is 527. The Morgan fingerprint density at radius 2 is 1.82 bits per heavy atom. The summed E-state index contributed by atoms with van der Waals surface area (Å²) in [6.07, 6.45) is 5.06. The zero-order valence-corrected chi connectivity index (χ0v) is 9.91. The van der Waals surface area contributed by atoms with Crippen LogP contribution in [0.2, 0.25) is 0 Å². The van der Waals surface area contributed by atoms with Crippen LogP contribution in [0, 0.1) is 0 Å². The number of hydrogen-bond donors (Lipinski definition) is 1. The SMILES string of the molecule is NCc1ccc(-c2ccc3c(c2)CCCC3)o1. The molecule has 1 heterocycles. The van der Waals surface area contributed by atoms with E-state index in [1.54, 1.807) is 0 Å². The molecule has 0 atom stereocenters. The largest absolute Gasteiger partial charge is 0.460 e. The molecule has 1 aromatic carbocycles. The van der Waals surface area contributed by atoms with Crippen LogP contribution in [0.4, 0.5) is 0 Å². The van der Waals surface area contributed by atoms with E-state index >= 15 is 0 Å². The van der Waals surface area contributed by atoms with Gasteiger partial charge in [-0.2, -0.15) is 0 Å². The standard InChI is InChI=1S/C15H17NO/c16-10-14-7-8-15(17-14)13-6-5-11-3-1-2-4-12(11)9-13/h5-9H,1-4,10,16H2. The molecule has 0 unspecified atom stereocenters. The predicted octanol–water partition coefficient (Wildman–Crippen LogP) is 3.28. The lowest BCUT2D eigenvalue weighted by atomic mass is 9.90. The fourth-order valence-corrected chi connectivity index (χ4v) is 2.53. The average molecular weight is 227 g/mol. The van der Waals surface area contributed by atoms with Crippen LogP contribution in [0.15, 0.2) is 34.7 Å². The van der Waals surface area contributed by atoms with E-state index in [-0.39, 0.29) is 0 Å². The number of rotatable bonds is 2. The first-order valence-electron chi connectivity index (χ1n) is 6.28. The maximum atomic E-state index is 5.68. The fraction of sp³-hybridized carbons (Fsp3) is 0.333. The first-order chi connectivity index (χ1) is 8.36. The Labute approximate surface area is 101 Å². The van der Waals surface area contributed by atoms with E-state index in [0.717, 1.165) is 11.5 Å². The Balaban J connectivity index is 1.97. The van der Waals surface area contributed by atoms with Gasteiger partial charge in [-0.05, 0) is 55.0 Å². The van der Waals surface area contributed by atoms with Gasteiger partial charge in [-0.25, -0.2) is 0 Å². The van der Waals surface area contributed by atoms with Gasteiger partial charge in [0, 0.05) is 5.56 Å². The third-order valence-electron chi connectivity index (χ3n) is 3.50. The monoisotopic (exact) mass is 227 g/mol. The number of hydrogen-bond acceptors (Lipinski definition) is 2. The van der Waals surface area contributed by atoms with Gasteiger partial charge < -0.3 is 10.2 Å². The van der Waals surface area contributed by atoms with Crippen LogP contribution in [0.5, 0.6) is 0 Å². The number of fused-ring (bicyclic) bond motifs is 1. The summed E-state index contributed by atoms with van der Waals surface area (Å²) in [5.41, 5.74) is 9.72. The van der Waals surface area contributed by atoms with E-state index in [1.165, 1.54) is 42.4 Å². The summed E-state index contributed by atoms with van der Waals surface area (Å²) >= 11 is 0. The summed E-state index contributed by atoms with van der Waals surface area (Å²) in [4.78, 5) is 0. The van der Waals surface area contributed by atoms with Crippen LogP contribution >= 0.6 is 0 Å². The molecule has 0 spiro atoms. The lowest BCUT2D eigenvalue weighted by Gasteiger charge is -2.15. The van der Waals surface area contributed by atoms with Gasteiger partial charge in [-0.3, -0.25) is 0 Å². The number of benzene rings is 1. The normalized spacial score (nSPS) is 14.6. The van der Waals surface area contributed by atoms with Gasteiger partial charge in [0.05, 0.1) is 6.54 Å². The molecule has 0 amide bonds. The Morgan fingerprint density at radius 3 is 2.59 bits per heavy atom. The second-order valence-corrected chi connectivity index (χ2v) is 4.66. The second kappa shape index (κ2) is 4.38. The molecule has 2 nitrogen and oxygen atoms in total. The van der Waals surface area contributed by atoms with Crippen molar-refractivity contribution in [1.29, 1.82) is 0 Å². The summed E-state index contributed by atoms with van der Waals surface area (Å²) in [5, 5.41) is 0. The van der Waals surface area contributed by atoms with E-state index in [4.69, 9.17) is 10.2 Å². The van der Waals surface area contributed by atoms with Crippen molar-refractivity contribution in [2.45, 2.75) is 32.2 Å². The zero-order chi connectivity index (χ0) is 11.7. The molecule has 0 saturated carbocycles. The van der Waals surface area contributed by atoms with E-state index in [1.807, 2.05) is 12.1 Å². The Kier molecular flexibility index (Phi) is 2.73. The average Bonchev–Trinajstić information content (AvgIpc) is 2.87. The molecule has 2 aromatic rings. The highest BCUT2D eigenvalue weighted by Gasteiger charge is 2.11. The third-order valence-corrected chi connectivity index (χ3v) is 3.50. The van der Waals surface area contributed by atoms with Crippen LogP contribution < -0.4 is 5.73 Å². The second-order valence-electron chi connectivity index (χ2n) is 4.66. The van der Waals surface area contributed by atoms with Crippen LogP contribution in [-0.4, -0.2) is 0 Å². The van der Waals surface area contributed by atoms with Crippen LogP contribution in [0.3, 0.4) is 0 Å². The predicted molar refractivity (Wildman–Crippen MR) is 68.7 cm³/mol. The molecule has 2 heteroatoms. The first kappa shape index (κ1) is 10.6. The van der Waals surface area contributed by atoms with E-state index < -0.39 is 0 Å². The van der Waals surface area contributed by atoms with Crippen LogP contribution in [0.25, 0.3) is 11.3 Å². The molecule has 2 N–H and O–H groups in total. The fourth-order valence-electron chi connectivity index (χ4n) is 2.53. The molecule has 0 bridgehead atoms. The highest BCUT2D eigenvalue weighted by molar-refractivity contribution is 5.60. The maximum Gasteiger partial charge on any atom is 0.134 e. The number of aryl methyl sites for hydroxylation is 2. The molecule has 0 fully saturated rings. The van der Waals surface area contributed by atoms with Crippen LogP contribution in [0.1, 0.15) is 29.7 Å². The van der Waals surface area contributed by atoms with Crippen molar-refractivity contribution in [2.75, 3.05) is 0 Å². The van der Waals surface area contributed by atoms with Gasteiger partial charge in [0.2, 0.25) is 0 Å². The van der Waals surface area contributed by atoms with Crippen molar-refractivity contribution in [3.05, 3.63) is 47.2 Å². The molecule has 17 heavy (non-hydrogen) atoms. The molecule has 1 aliphatic carbocycles. The van der Waals surface area contributed by atoms with Crippen molar-refractivity contribution in [3.8, 4) is 11.3 Å². The van der Waals surface area contributed by atoms with Crippen molar-refractivity contribution in [2.24, 2.45) is 5.73 Å². The highest BCUT2D eigenvalue weighted by Crippen LogP contribution is 2.28. The highest BCUT2D eigenvalue weighted by atomic mass is 16.3. The lowest BCUT2D eigenvalue weighted by Crippen LogP contribution is -2.02. The quantitative estimate of drug-likeness (QED) is 0.855. The van der Waals surface area contributed by atoms with E-state index in [2.05, 4.69) is 18.2 Å². The van der Waals surface area contributed by atoms with Crippen LogP contribution in [-0.2, 0) is 19.4 Å². The molecular weight excluding hydrogens is 210 g/mol. The summed E-state index contributed by atoms with van der Waals surface area (Å²) in [6.45, 7) is 0.463. The zero-order valence-electron chi connectivity index (χ0n) is 9.91. The molecule has 1 aromatic heterocycles. The Morgan fingerprint density at radius 1 is 1.00 bits per heavy atom. The topological polar surface area (TPSA) is 39.2 Å². The Hall–Kier alpha value is -1.54. The van der Waals surface area contributed by atoms with Crippen molar-refractivity contribution in [1.82, 2.24) is 0 Å². The third kappa shape index (κ3) is 2.01. The molecule has 1 aliphatic rings. The lowest BCUT2D eigenvalue weighted by molar-refractivity contribution is 0.525.